The third-order valence-electron chi connectivity index (χ3n) is 3.04. The van der Waals surface area contributed by atoms with Crippen molar-refractivity contribution in [2.45, 2.75) is 25.8 Å². The van der Waals surface area contributed by atoms with Gasteiger partial charge in [-0.25, -0.2) is 0 Å². The summed E-state index contributed by atoms with van der Waals surface area (Å²) in [6, 6.07) is 2.04. The molecule has 0 saturated heterocycles. The summed E-state index contributed by atoms with van der Waals surface area (Å²) in [5.74, 6) is -0.205. The second-order valence-electron chi connectivity index (χ2n) is 4.44. The van der Waals surface area contributed by atoms with E-state index in [1.54, 1.807) is 0 Å². The van der Waals surface area contributed by atoms with E-state index in [0.717, 1.165) is 13.0 Å². The lowest BCUT2D eigenvalue weighted by Crippen LogP contribution is -2.49. The normalized spacial score (nSPS) is 11.8. The fraction of sp³-hybridized carbons (Fsp3) is 0.583. The van der Waals surface area contributed by atoms with Crippen molar-refractivity contribution in [3.05, 3.63) is 24.0 Å². The molecule has 0 aliphatic heterocycles. The number of esters is 1. The lowest BCUT2D eigenvalue weighted by atomic mass is 10.0. The molecule has 1 rings (SSSR count). The number of nitrogens with one attached hydrogen (secondary N) is 1. The van der Waals surface area contributed by atoms with Crippen LogP contribution in [-0.4, -0.2) is 42.1 Å². The Labute approximate surface area is 96.6 Å². The number of aromatic nitrogens is 1. The molecule has 4 nitrogen and oxygen atoms in total. The minimum Gasteiger partial charge on any atom is -0.468 e. The fourth-order valence-electron chi connectivity index (χ4n) is 1.50. The third kappa shape index (κ3) is 2.85. The van der Waals surface area contributed by atoms with Crippen LogP contribution in [0.4, 0.5) is 0 Å². The third-order valence-corrected chi connectivity index (χ3v) is 3.04. The highest BCUT2D eigenvalue weighted by Gasteiger charge is 2.32. The zero-order valence-corrected chi connectivity index (χ0v) is 10.4. The zero-order chi connectivity index (χ0) is 12.2. The number of hydrogen-bond acceptors (Lipinski definition) is 3. The summed E-state index contributed by atoms with van der Waals surface area (Å²) in [5.41, 5.74) is 0.665. The van der Waals surface area contributed by atoms with Gasteiger partial charge in [-0.2, -0.15) is 0 Å². The molecular formula is C12H20N2O2. The molecule has 0 bridgehead atoms. The number of carbonyl (C=O) groups excluding carboxylic acids is 1. The number of aromatic amines is 1. The van der Waals surface area contributed by atoms with Crippen LogP contribution in [0.15, 0.2) is 18.5 Å². The molecule has 0 unspecified atom stereocenters. The number of rotatable bonds is 5. The van der Waals surface area contributed by atoms with Gasteiger partial charge in [0.05, 0.1) is 7.11 Å². The predicted molar refractivity (Wildman–Crippen MR) is 63.2 cm³/mol. The Morgan fingerprint density at radius 1 is 1.56 bits per heavy atom. The van der Waals surface area contributed by atoms with Gasteiger partial charge < -0.3 is 9.72 Å². The first-order valence-corrected chi connectivity index (χ1v) is 5.40. The largest absolute Gasteiger partial charge is 0.468 e. The van der Waals surface area contributed by atoms with Gasteiger partial charge >= 0.3 is 5.97 Å². The van der Waals surface area contributed by atoms with Crippen LogP contribution in [-0.2, 0) is 16.0 Å². The Morgan fingerprint density at radius 3 is 2.75 bits per heavy atom. The van der Waals surface area contributed by atoms with Gasteiger partial charge in [0.15, 0.2) is 0 Å². The highest BCUT2D eigenvalue weighted by Crippen LogP contribution is 2.14. The molecule has 4 heteroatoms. The monoisotopic (exact) mass is 224 g/mol. The molecule has 1 aromatic heterocycles. The van der Waals surface area contributed by atoms with Crippen LogP contribution < -0.4 is 0 Å². The molecule has 16 heavy (non-hydrogen) atoms. The SMILES string of the molecule is COC(=O)C(C)(C)N(C)CCc1cc[nH]c1. The summed E-state index contributed by atoms with van der Waals surface area (Å²) >= 11 is 0. The van der Waals surface area contributed by atoms with Crippen LogP contribution in [0.3, 0.4) is 0 Å². The van der Waals surface area contributed by atoms with Crippen molar-refractivity contribution in [1.82, 2.24) is 9.88 Å². The Morgan fingerprint density at radius 2 is 2.25 bits per heavy atom. The Hall–Kier alpha value is -1.29. The van der Waals surface area contributed by atoms with E-state index in [1.165, 1.54) is 12.7 Å². The van der Waals surface area contributed by atoms with Gasteiger partial charge in [-0.05, 0) is 38.9 Å². The summed E-state index contributed by atoms with van der Waals surface area (Å²) in [4.78, 5) is 16.6. The molecule has 0 aromatic carbocycles. The highest BCUT2D eigenvalue weighted by molar-refractivity contribution is 5.79. The minimum absolute atomic E-state index is 0.205. The second-order valence-corrected chi connectivity index (χ2v) is 4.44. The first-order valence-electron chi connectivity index (χ1n) is 5.40. The van der Waals surface area contributed by atoms with E-state index in [0.29, 0.717) is 0 Å². The maximum Gasteiger partial charge on any atom is 0.325 e. The summed E-state index contributed by atoms with van der Waals surface area (Å²) in [6.07, 6.45) is 4.79. The van der Waals surface area contributed by atoms with E-state index in [2.05, 4.69) is 4.98 Å². The molecule has 1 aromatic rings. The molecule has 1 heterocycles. The topological polar surface area (TPSA) is 45.3 Å². The number of carbonyl (C=O) groups is 1. The van der Waals surface area contributed by atoms with Crippen LogP contribution in [0.5, 0.6) is 0 Å². The zero-order valence-electron chi connectivity index (χ0n) is 10.4. The van der Waals surface area contributed by atoms with Crippen molar-refractivity contribution in [2.75, 3.05) is 20.7 Å². The quantitative estimate of drug-likeness (QED) is 0.770. The van der Waals surface area contributed by atoms with E-state index in [1.807, 2.05) is 44.3 Å². The van der Waals surface area contributed by atoms with Crippen LogP contribution in [0.1, 0.15) is 19.4 Å². The van der Waals surface area contributed by atoms with Gasteiger partial charge in [-0.15, -0.1) is 0 Å². The Bertz CT molecular complexity index is 331. The second kappa shape index (κ2) is 5.16. The number of hydrogen-bond donors (Lipinski definition) is 1. The molecule has 90 valence electrons. The molecular weight excluding hydrogens is 204 g/mol. The molecule has 0 fully saturated rings. The van der Waals surface area contributed by atoms with Gasteiger partial charge in [0.2, 0.25) is 0 Å². The van der Waals surface area contributed by atoms with Crippen LogP contribution >= 0.6 is 0 Å². The van der Waals surface area contributed by atoms with Crippen LogP contribution in [0.2, 0.25) is 0 Å². The molecule has 0 spiro atoms. The van der Waals surface area contributed by atoms with Crippen LogP contribution in [0.25, 0.3) is 0 Å². The van der Waals surface area contributed by atoms with Crippen LogP contribution in [0, 0.1) is 0 Å². The summed E-state index contributed by atoms with van der Waals surface area (Å²) in [5, 5.41) is 0. The van der Waals surface area contributed by atoms with Gasteiger partial charge in [-0.3, -0.25) is 9.69 Å². The van der Waals surface area contributed by atoms with Crippen molar-refractivity contribution in [1.29, 1.82) is 0 Å². The van der Waals surface area contributed by atoms with Gasteiger partial charge in [0, 0.05) is 18.9 Å². The van der Waals surface area contributed by atoms with E-state index in [4.69, 9.17) is 4.74 Å². The van der Waals surface area contributed by atoms with Crippen molar-refractivity contribution in [3.63, 3.8) is 0 Å². The maximum atomic E-state index is 11.6. The predicted octanol–water partition coefficient (Wildman–Crippen LogP) is 1.44. The first kappa shape index (κ1) is 12.8. The molecule has 1 N–H and O–H groups in total. The van der Waals surface area contributed by atoms with Gasteiger partial charge in [0.1, 0.15) is 5.54 Å². The molecule has 0 amide bonds. The first-order chi connectivity index (χ1) is 7.48. The molecule has 0 aliphatic carbocycles. The van der Waals surface area contributed by atoms with Crippen molar-refractivity contribution in [3.8, 4) is 0 Å². The highest BCUT2D eigenvalue weighted by atomic mass is 16.5. The Kier molecular flexibility index (Phi) is 4.12. The maximum absolute atomic E-state index is 11.6. The smallest absolute Gasteiger partial charge is 0.325 e. The van der Waals surface area contributed by atoms with Crippen molar-refractivity contribution >= 4 is 5.97 Å². The summed E-state index contributed by atoms with van der Waals surface area (Å²) in [7, 11) is 3.35. The minimum atomic E-state index is -0.578. The summed E-state index contributed by atoms with van der Waals surface area (Å²) < 4.78 is 4.79. The van der Waals surface area contributed by atoms with E-state index in [9.17, 15) is 4.79 Å². The average Bonchev–Trinajstić information content (AvgIpc) is 2.77. The van der Waals surface area contributed by atoms with Gasteiger partial charge in [0.25, 0.3) is 0 Å². The van der Waals surface area contributed by atoms with Crippen molar-refractivity contribution in [2.24, 2.45) is 0 Å². The van der Waals surface area contributed by atoms with E-state index >= 15 is 0 Å². The lowest BCUT2D eigenvalue weighted by Gasteiger charge is -2.32. The lowest BCUT2D eigenvalue weighted by molar-refractivity contribution is -0.152. The molecule has 0 aliphatic rings. The fourth-order valence-corrected chi connectivity index (χ4v) is 1.50. The average molecular weight is 224 g/mol. The number of ether oxygens (including phenoxy) is 1. The molecule has 0 radical (unpaired) electrons. The number of methoxy groups -OCH3 is 1. The Balaban J connectivity index is 2.51. The van der Waals surface area contributed by atoms with Gasteiger partial charge in [-0.1, -0.05) is 0 Å². The molecule has 0 atom stereocenters. The standard InChI is InChI=1S/C12H20N2O2/c1-12(2,11(15)16-4)14(3)8-6-10-5-7-13-9-10/h5,7,9,13H,6,8H2,1-4H3. The van der Waals surface area contributed by atoms with E-state index < -0.39 is 5.54 Å². The number of H-pyrrole nitrogens is 1. The number of likely N-dealkylation sites (N-methyl/N-ethyl adjacent to an activating group) is 1. The molecule has 0 saturated carbocycles. The van der Waals surface area contributed by atoms with E-state index in [-0.39, 0.29) is 5.97 Å². The summed E-state index contributed by atoms with van der Waals surface area (Å²) in [6.45, 7) is 4.56. The number of nitrogens with zero attached hydrogens (tertiary/aromatic N) is 1. The van der Waals surface area contributed by atoms with Crippen molar-refractivity contribution < 1.29 is 9.53 Å².